The average molecular weight is 285 g/mol. The molecule has 1 aliphatic carbocycles. The van der Waals surface area contributed by atoms with Gasteiger partial charge in [-0.25, -0.2) is 4.39 Å². The van der Waals surface area contributed by atoms with Crippen LogP contribution in [0.2, 0.25) is 0 Å². The van der Waals surface area contributed by atoms with Crippen molar-refractivity contribution in [2.75, 3.05) is 0 Å². The number of rotatable bonds is 2. The predicted octanol–water partition coefficient (Wildman–Crippen LogP) is 4.06. The molecule has 0 aliphatic heterocycles. The van der Waals surface area contributed by atoms with Crippen molar-refractivity contribution in [1.82, 2.24) is 0 Å². The second-order valence-corrected chi connectivity index (χ2v) is 5.48. The minimum absolute atomic E-state index is 0.238. The van der Waals surface area contributed by atoms with Crippen molar-refractivity contribution in [2.24, 2.45) is 5.41 Å². The first-order chi connectivity index (χ1) is 7.49. The highest BCUT2D eigenvalue weighted by Crippen LogP contribution is 2.52. The fourth-order valence-corrected chi connectivity index (χ4v) is 2.76. The largest absolute Gasteiger partial charge is 0.299 e. The van der Waals surface area contributed by atoms with E-state index < -0.39 is 0 Å². The summed E-state index contributed by atoms with van der Waals surface area (Å²) in [4.78, 5) is 11.6. The Morgan fingerprint density at radius 1 is 1.56 bits per heavy atom. The third-order valence-electron chi connectivity index (χ3n) is 3.88. The molecule has 2 unspecified atom stereocenters. The van der Waals surface area contributed by atoms with Crippen LogP contribution >= 0.6 is 15.9 Å². The van der Waals surface area contributed by atoms with Gasteiger partial charge >= 0.3 is 0 Å². The summed E-state index contributed by atoms with van der Waals surface area (Å²) in [6, 6.07) is 5.03. The highest BCUT2D eigenvalue weighted by Gasteiger charge is 2.50. The van der Waals surface area contributed by atoms with Gasteiger partial charge in [0.1, 0.15) is 11.6 Å². The zero-order valence-electron chi connectivity index (χ0n) is 9.39. The van der Waals surface area contributed by atoms with Crippen molar-refractivity contribution in [3.63, 3.8) is 0 Å². The number of carbonyl (C=O) groups excluding carboxylic acids is 1. The van der Waals surface area contributed by atoms with E-state index in [1.54, 1.807) is 12.1 Å². The van der Waals surface area contributed by atoms with Gasteiger partial charge in [0.15, 0.2) is 0 Å². The molecule has 0 heterocycles. The molecule has 0 bridgehead atoms. The molecule has 0 N–H and O–H groups in total. The second-order valence-electron chi connectivity index (χ2n) is 4.62. The Kier molecular flexibility index (Phi) is 2.91. The lowest BCUT2D eigenvalue weighted by Crippen LogP contribution is -2.45. The smallest absolute Gasteiger partial charge is 0.140 e. The summed E-state index contributed by atoms with van der Waals surface area (Å²) in [5.74, 6) is 0.301. The van der Waals surface area contributed by atoms with E-state index in [9.17, 15) is 9.18 Å². The maximum Gasteiger partial charge on any atom is 0.140 e. The van der Waals surface area contributed by atoms with Crippen LogP contribution in [-0.4, -0.2) is 5.78 Å². The number of Topliss-reactive ketones (excluding diaryl/α,β-unsaturated/α-hetero) is 1. The molecular weight excluding hydrogens is 271 g/mol. The molecule has 1 aromatic carbocycles. The van der Waals surface area contributed by atoms with Crippen LogP contribution in [0.15, 0.2) is 22.7 Å². The first kappa shape index (κ1) is 11.8. The van der Waals surface area contributed by atoms with Gasteiger partial charge in [0.05, 0.1) is 4.47 Å². The Morgan fingerprint density at radius 2 is 2.25 bits per heavy atom. The first-order valence-electron chi connectivity index (χ1n) is 5.47. The number of benzene rings is 1. The zero-order chi connectivity index (χ0) is 11.9. The number of hydrogen-bond donors (Lipinski definition) is 0. The molecule has 0 amide bonds. The Morgan fingerprint density at radius 3 is 2.75 bits per heavy atom. The van der Waals surface area contributed by atoms with Gasteiger partial charge in [0, 0.05) is 17.8 Å². The Labute approximate surface area is 103 Å². The van der Waals surface area contributed by atoms with Crippen molar-refractivity contribution >= 4 is 21.7 Å². The SMILES string of the molecule is CCC1(C)C(=O)CC1c1ccc(F)c(Br)c1. The molecule has 1 nitrogen and oxygen atoms in total. The molecule has 2 rings (SSSR count). The van der Waals surface area contributed by atoms with E-state index in [2.05, 4.69) is 15.9 Å². The minimum Gasteiger partial charge on any atom is -0.299 e. The monoisotopic (exact) mass is 284 g/mol. The fraction of sp³-hybridized carbons (Fsp3) is 0.462. The van der Waals surface area contributed by atoms with Gasteiger partial charge in [0.25, 0.3) is 0 Å². The van der Waals surface area contributed by atoms with E-state index in [0.717, 1.165) is 12.0 Å². The molecule has 1 saturated carbocycles. The summed E-state index contributed by atoms with van der Waals surface area (Å²) < 4.78 is 13.6. The second kappa shape index (κ2) is 3.95. The van der Waals surface area contributed by atoms with Gasteiger partial charge in [-0.1, -0.05) is 19.9 Å². The summed E-state index contributed by atoms with van der Waals surface area (Å²) in [6.45, 7) is 4.03. The van der Waals surface area contributed by atoms with Crippen molar-refractivity contribution in [3.8, 4) is 0 Å². The summed E-state index contributed by atoms with van der Waals surface area (Å²) >= 11 is 3.18. The maximum atomic E-state index is 13.1. The Balaban J connectivity index is 2.33. The normalized spacial score (nSPS) is 29.0. The van der Waals surface area contributed by atoms with Crippen LogP contribution in [0, 0.1) is 11.2 Å². The van der Waals surface area contributed by atoms with Gasteiger partial charge < -0.3 is 0 Å². The molecular formula is C13H14BrFO. The van der Waals surface area contributed by atoms with Crippen LogP contribution in [0.4, 0.5) is 4.39 Å². The average Bonchev–Trinajstić information content (AvgIpc) is 2.28. The van der Waals surface area contributed by atoms with Crippen LogP contribution in [0.5, 0.6) is 0 Å². The van der Waals surface area contributed by atoms with Crippen molar-refractivity contribution < 1.29 is 9.18 Å². The van der Waals surface area contributed by atoms with Gasteiger partial charge in [-0.2, -0.15) is 0 Å². The lowest BCUT2D eigenvalue weighted by Gasteiger charge is -2.45. The van der Waals surface area contributed by atoms with Crippen molar-refractivity contribution in [2.45, 2.75) is 32.6 Å². The predicted molar refractivity (Wildman–Crippen MR) is 64.9 cm³/mol. The molecule has 2 atom stereocenters. The summed E-state index contributed by atoms with van der Waals surface area (Å²) in [6.07, 6.45) is 1.42. The summed E-state index contributed by atoms with van der Waals surface area (Å²) in [5.41, 5.74) is 0.800. The van der Waals surface area contributed by atoms with Gasteiger partial charge in [-0.3, -0.25) is 4.79 Å². The Bertz CT molecular complexity index is 444. The molecule has 1 aliphatic rings. The lowest BCUT2D eigenvalue weighted by molar-refractivity contribution is -0.139. The zero-order valence-corrected chi connectivity index (χ0v) is 11.0. The number of ketones is 1. The standard InChI is InChI=1S/C13H14BrFO/c1-3-13(2)9(7-12(13)16)8-4-5-11(15)10(14)6-8/h4-6,9H,3,7H2,1-2H3. The summed E-state index contributed by atoms with van der Waals surface area (Å²) in [7, 11) is 0. The van der Waals surface area contributed by atoms with Gasteiger partial charge in [-0.05, 0) is 40.0 Å². The first-order valence-corrected chi connectivity index (χ1v) is 6.26. The van der Waals surface area contributed by atoms with E-state index in [4.69, 9.17) is 0 Å². The molecule has 0 saturated heterocycles. The third-order valence-corrected chi connectivity index (χ3v) is 4.48. The number of carbonyl (C=O) groups is 1. The van der Waals surface area contributed by atoms with Crippen molar-refractivity contribution in [1.29, 1.82) is 0 Å². The number of halogens is 2. The molecule has 1 aromatic rings. The van der Waals surface area contributed by atoms with E-state index in [-0.39, 0.29) is 17.2 Å². The van der Waals surface area contributed by atoms with Crippen LogP contribution < -0.4 is 0 Å². The molecule has 3 heteroatoms. The number of hydrogen-bond acceptors (Lipinski definition) is 1. The summed E-state index contributed by atoms with van der Waals surface area (Å²) in [5, 5.41) is 0. The molecule has 0 spiro atoms. The highest BCUT2D eigenvalue weighted by molar-refractivity contribution is 9.10. The molecule has 86 valence electrons. The Hall–Kier alpha value is -0.700. The van der Waals surface area contributed by atoms with Crippen LogP contribution in [-0.2, 0) is 4.79 Å². The minimum atomic E-state index is -0.257. The van der Waals surface area contributed by atoms with Crippen LogP contribution in [0.1, 0.15) is 38.2 Å². The van der Waals surface area contributed by atoms with Crippen LogP contribution in [0.3, 0.4) is 0 Å². The van der Waals surface area contributed by atoms with Gasteiger partial charge in [0.2, 0.25) is 0 Å². The fourth-order valence-electron chi connectivity index (χ4n) is 2.37. The molecule has 16 heavy (non-hydrogen) atoms. The van der Waals surface area contributed by atoms with E-state index >= 15 is 0 Å². The van der Waals surface area contributed by atoms with E-state index in [1.807, 2.05) is 13.8 Å². The highest BCUT2D eigenvalue weighted by atomic mass is 79.9. The molecule has 1 fully saturated rings. The van der Waals surface area contributed by atoms with E-state index in [1.165, 1.54) is 6.07 Å². The van der Waals surface area contributed by atoms with Gasteiger partial charge in [-0.15, -0.1) is 0 Å². The lowest BCUT2D eigenvalue weighted by atomic mass is 9.56. The molecule has 0 radical (unpaired) electrons. The van der Waals surface area contributed by atoms with Crippen LogP contribution in [0.25, 0.3) is 0 Å². The van der Waals surface area contributed by atoms with Crippen molar-refractivity contribution in [3.05, 3.63) is 34.1 Å². The third kappa shape index (κ3) is 1.61. The maximum absolute atomic E-state index is 13.1. The molecule has 0 aromatic heterocycles. The van der Waals surface area contributed by atoms with E-state index in [0.29, 0.717) is 16.7 Å². The quantitative estimate of drug-likeness (QED) is 0.800. The topological polar surface area (TPSA) is 17.1 Å².